The molecule has 0 unspecified atom stereocenters. The van der Waals surface area contributed by atoms with E-state index in [2.05, 4.69) is 5.43 Å². The molecule has 0 saturated heterocycles. The number of nitrogens with two attached hydrogens (primary N) is 1. The Kier molecular flexibility index (Phi) is 1.91. The van der Waals surface area contributed by atoms with Crippen molar-refractivity contribution in [2.45, 2.75) is 31.0 Å². The van der Waals surface area contributed by atoms with Crippen LogP contribution in [0.1, 0.15) is 19.3 Å². The molecule has 0 aliphatic heterocycles. The third-order valence-corrected chi connectivity index (χ3v) is 2.94. The van der Waals surface area contributed by atoms with E-state index in [-0.39, 0.29) is 37.2 Å². The Morgan fingerprint density at radius 2 is 1.58 bits per heavy atom. The molecule has 0 spiro atoms. The molecule has 2 bridgehead atoms. The van der Waals surface area contributed by atoms with Gasteiger partial charge in [0.2, 0.25) is 0 Å². The average molecular weight is 203 g/mol. The summed E-state index contributed by atoms with van der Waals surface area (Å²) in [7, 11) is 0. The summed E-state index contributed by atoms with van der Waals surface area (Å²) in [6.07, 6.45) is -3.52. The van der Waals surface area contributed by atoms with Gasteiger partial charge in [-0.1, -0.05) is 0 Å². The number of hydrogen-bond acceptors (Lipinski definition) is 2. The topological polar surface area (TPSA) is 38.0 Å². The van der Waals surface area contributed by atoms with Crippen LogP contribution in [0.25, 0.3) is 0 Å². The average Bonchev–Trinajstić information content (AvgIpc) is 1.53. The summed E-state index contributed by atoms with van der Waals surface area (Å²) in [5.74, 6) is 5.09. The van der Waals surface area contributed by atoms with E-state index in [1.807, 2.05) is 0 Å². The molecule has 2 nitrogen and oxygen atoms in total. The van der Waals surface area contributed by atoms with Crippen molar-refractivity contribution in [3.8, 4) is 0 Å². The highest BCUT2D eigenvalue weighted by Crippen LogP contribution is 2.72. The normalized spacial score (nSPS) is 44.0. The molecule has 72 valence electrons. The lowest BCUT2D eigenvalue weighted by atomic mass is 9.39. The van der Waals surface area contributed by atoms with Gasteiger partial charge in [0.25, 0.3) is 0 Å². The number of alkyl halides is 3. The SMILES string of the molecule is Cl.NNC12CC(C(F)(F)F)(C1)C2. The van der Waals surface area contributed by atoms with Gasteiger partial charge >= 0.3 is 6.18 Å². The number of hydrogen-bond donors (Lipinski definition) is 2. The molecule has 3 fully saturated rings. The summed E-state index contributed by atoms with van der Waals surface area (Å²) in [5.41, 5.74) is 0.699. The first kappa shape index (κ1) is 10.1. The van der Waals surface area contributed by atoms with Crippen molar-refractivity contribution in [3.63, 3.8) is 0 Å². The zero-order valence-electron chi connectivity index (χ0n) is 6.24. The van der Waals surface area contributed by atoms with E-state index in [0.717, 1.165) is 0 Å². The molecule has 0 aromatic heterocycles. The lowest BCUT2D eigenvalue weighted by Crippen LogP contribution is -2.79. The highest BCUT2D eigenvalue weighted by atomic mass is 35.5. The quantitative estimate of drug-likeness (QED) is 0.498. The monoisotopic (exact) mass is 202 g/mol. The first-order valence-electron chi connectivity index (χ1n) is 3.48. The molecule has 12 heavy (non-hydrogen) atoms. The number of halogens is 4. The van der Waals surface area contributed by atoms with Crippen molar-refractivity contribution in [1.82, 2.24) is 5.43 Å². The van der Waals surface area contributed by atoms with Crippen LogP contribution in [0.5, 0.6) is 0 Å². The van der Waals surface area contributed by atoms with Crippen LogP contribution < -0.4 is 11.3 Å². The Morgan fingerprint density at radius 3 is 1.83 bits per heavy atom. The molecule has 0 amide bonds. The molecule has 3 rings (SSSR count). The summed E-state index contributed by atoms with van der Waals surface area (Å²) in [6.45, 7) is 0. The summed E-state index contributed by atoms with van der Waals surface area (Å²) in [4.78, 5) is 0. The molecule has 3 N–H and O–H groups in total. The van der Waals surface area contributed by atoms with Crippen molar-refractivity contribution < 1.29 is 13.2 Å². The predicted octanol–water partition coefficient (Wildman–Crippen LogP) is 1.36. The lowest BCUT2D eigenvalue weighted by molar-refractivity contribution is -0.339. The molecule has 0 atom stereocenters. The zero-order valence-corrected chi connectivity index (χ0v) is 7.06. The van der Waals surface area contributed by atoms with Gasteiger partial charge in [-0.15, -0.1) is 12.4 Å². The van der Waals surface area contributed by atoms with Crippen LogP contribution in [0.15, 0.2) is 0 Å². The number of nitrogens with one attached hydrogen (secondary N) is 1. The van der Waals surface area contributed by atoms with Crippen LogP contribution in [0, 0.1) is 5.41 Å². The van der Waals surface area contributed by atoms with Crippen LogP contribution in [-0.2, 0) is 0 Å². The molecule has 6 heteroatoms. The molecule has 3 aliphatic rings. The van der Waals surface area contributed by atoms with Crippen molar-refractivity contribution >= 4 is 12.4 Å². The second kappa shape index (κ2) is 2.27. The largest absolute Gasteiger partial charge is 0.394 e. The van der Waals surface area contributed by atoms with Gasteiger partial charge in [0.1, 0.15) is 0 Å². The molecular weight excluding hydrogens is 193 g/mol. The fraction of sp³-hybridized carbons (Fsp3) is 1.00. The van der Waals surface area contributed by atoms with E-state index < -0.39 is 11.6 Å². The Labute approximate surface area is 74.1 Å². The maximum atomic E-state index is 12.2. The van der Waals surface area contributed by atoms with E-state index >= 15 is 0 Å². The predicted molar refractivity (Wildman–Crippen MR) is 39.6 cm³/mol. The van der Waals surface area contributed by atoms with Gasteiger partial charge in [-0.3, -0.25) is 11.3 Å². The summed E-state index contributed by atoms with van der Waals surface area (Å²) in [6, 6.07) is 0. The maximum absolute atomic E-state index is 12.2. The van der Waals surface area contributed by atoms with E-state index in [9.17, 15) is 13.2 Å². The zero-order chi connectivity index (χ0) is 8.33. The maximum Gasteiger partial charge on any atom is 0.394 e. The first-order chi connectivity index (χ1) is 4.93. The van der Waals surface area contributed by atoms with Crippen molar-refractivity contribution in [2.75, 3.05) is 0 Å². The smallest absolute Gasteiger partial charge is 0.271 e. The Hall–Kier alpha value is -0.0000000000000000555. The summed E-state index contributed by atoms with van der Waals surface area (Å²) < 4.78 is 36.5. The Morgan fingerprint density at radius 1 is 1.17 bits per heavy atom. The Balaban J connectivity index is 0.000000720. The standard InChI is InChI=1S/C6H9F3N2.ClH/c7-6(8,9)4-1-5(2-4,3-4)11-10;/h11H,1-3,10H2;1H. The number of rotatable bonds is 1. The molecule has 3 aliphatic carbocycles. The van der Waals surface area contributed by atoms with Gasteiger partial charge in [0, 0.05) is 5.54 Å². The minimum absolute atomic E-state index is 0. The van der Waals surface area contributed by atoms with E-state index in [1.54, 1.807) is 0 Å². The van der Waals surface area contributed by atoms with Crippen molar-refractivity contribution in [3.05, 3.63) is 0 Å². The third kappa shape index (κ3) is 0.900. The van der Waals surface area contributed by atoms with Crippen LogP contribution in [0.3, 0.4) is 0 Å². The highest BCUT2D eigenvalue weighted by Gasteiger charge is 2.78. The van der Waals surface area contributed by atoms with Crippen LogP contribution in [0.4, 0.5) is 13.2 Å². The third-order valence-electron chi connectivity index (χ3n) is 2.94. The van der Waals surface area contributed by atoms with Crippen LogP contribution in [-0.4, -0.2) is 11.7 Å². The van der Waals surface area contributed by atoms with Gasteiger partial charge in [-0.2, -0.15) is 13.2 Å². The minimum atomic E-state index is -4.02. The van der Waals surface area contributed by atoms with Crippen molar-refractivity contribution in [1.29, 1.82) is 0 Å². The summed E-state index contributed by atoms with van der Waals surface area (Å²) >= 11 is 0. The van der Waals surface area contributed by atoms with Gasteiger partial charge < -0.3 is 0 Å². The van der Waals surface area contributed by atoms with Crippen LogP contribution >= 0.6 is 12.4 Å². The molecule has 0 aromatic carbocycles. The second-order valence-corrected chi connectivity index (χ2v) is 3.73. The molecule has 0 heterocycles. The summed E-state index contributed by atoms with van der Waals surface area (Å²) in [5, 5.41) is 0. The fourth-order valence-corrected chi connectivity index (χ4v) is 2.24. The van der Waals surface area contributed by atoms with Gasteiger partial charge in [-0.05, 0) is 19.3 Å². The highest BCUT2D eigenvalue weighted by molar-refractivity contribution is 5.85. The Bertz CT molecular complexity index is 184. The van der Waals surface area contributed by atoms with E-state index in [4.69, 9.17) is 5.84 Å². The van der Waals surface area contributed by atoms with Gasteiger partial charge in [0.15, 0.2) is 0 Å². The molecule has 0 radical (unpaired) electrons. The number of hydrazine groups is 1. The van der Waals surface area contributed by atoms with E-state index in [0.29, 0.717) is 0 Å². The van der Waals surface area contributed by atoms with Gasteiger partial charge in [-0.25, -0.2) is 0 Å². The second-order valence-electron chi connectivity index (χ2n) is 3.73. The molecule has 3 saturated carbocycles. The van der Waals surface area contributed by atoms with Gasteiger partial charge in [0.05, 0.1) is 5.41 Å². The lowest BCUT2D eigenvalue weighted by Gasteiger charge is -2.69. The fourth-order valence-electron chi connectivity index (χ4n) is 2.24. The minimum Gasteiger partial charge on any atom is -0.271 e. The van der Waals surface area contributed by atoms with Crippen molar-refractivity contribution in [2.24, 2.45) is 11.3 Å². The first-order valence-corrected chi connectivity index (χ1v) is 3.48. The van der Waals surface area contributed by atoms with E-state index in [1.165, 1.54) is 0 Å². The van der Waals surface area contributed by atoms with Crippen LogP contribution in [0.2, 0.25) is 0 Å². The molecule has 0 aromatic rings. The molecular formula is C6H10ClF3N2.